The van der Waals surface area contributed by atoms with Crippen LogP contribution >= 0.6 is 0 Å². The van der Waals surface area contributed by atoms with E-state index in [1.54, 1.807) is 0 Å². The molecule has 4 saturated heterocycles. The van der Waals surface area contributed by atoms with Gasteiger partial charge in [0.05, 0.1) is 51.7 Å². The van der Waals surface area contributed by atoms with Gasteiger partial charge in [0.25, 0.3) is 11.1 Å². The maximum Gasteiger partial charge on any atom is 0.327 e. The van der Waals surface area contributed by atoms with Gasteiger partial charge in [-0.05, 0) is 0 Å². The van der Waals surface area contributed by atoms with Crippen molar-refractivity contribution in [2.24, 2.45) is 0 Å². The van der Waals surface area contributed by atoms with E-state index < -0.39 is 141 Å². The van der Waals surface area contributed by atoms with Gasteiger partial charge in [0, 0.05) is 0 Å². The standard InChI is InChI=1S/C10H13N5O5.C10H13N5O4.C10H12N4O6.C10H12N4O5/c11-10-13-7-4(8(19)14-10)12-2-15(7)9-6(18)5(17)3(1-16)20-9;11-8-5-9(13-2-12-8)15(3-14-5)10-7(18)6(17)4(1-16)19-10;15-1-3-5(16)6(17)9(20-3)14-2-11-4-7(14)12-10(19)13-8(4)18;15-1-4-6(16)7(17)10(19-4)14-3-13-5-8(14)11-2-12-9(5)18/h2-3,5-6,9,16-18H,1H2,(H3,11,13,14,19);2-4,6-7,10,16-18H,1H2,(H2,11,12,13);2-3,5-6,9,15-17H,1H2,(H2,12,13,18,19);2-4,6-7,10,15-17H,1H2,(H,11,12,18)/t3-,5-,6-,9-;4-,6-,7-,10-;3-,5-,6-,9-;4-,6-,7-,10-/m1111/s1. The van der Waals surface area contributed by atoms with Crippen molar-refractivity contribution in [3.8, 4) is 5.88 Å². The van der Waals surface area contributed by atoms with E-state index in [4.69, 9.17) is 50.8 Å². The van der Waals surface area contributed by atoms with Gasteiger partial charge in [-0.1, -0.05) is 0 Å². The van der Waals surface area contributed by atoms with E-state index in [1.165, 1.54) is 49.9 Å². The van der Waals surface area contributed by atoms with Crippen LogP contribution in [0.1, 0.15) is 24.9 Å². The first-order valence-electron chi connectivity index (χ1n) is 23.0. The van der Waals surface area contributed by atoms with E-state index in [0.717, 1.165) is 6.33 Å². The highest BCUT2D eigenvalue weighted by molar-refractivity contribution is 5.81. The third kappa shape index (κ3) is 9.97. The predicted molar refractivity (Wildman–Crippen MR) is 252 cm³/mol. The Bertz CT molecular complexity index is 3460. The van der Waals surface area contributed by atoms with Crippen LogP contribution in [-0.2, 0) is 18.9 Å². The minimum absolute atomic E-state index is 0.0256. The van der Waals surface area contributed by atoms with Gasteiger partial charge >= 0.3 is 5.69 Å². The second kappa shape index (κ2) is 22.4. The Balaban J connectivity index is 0.000000126. The van der Waals surface area contributed by atoms with Crippen molar-refractivity contribution in [3.63, 3.8) is 0 Å². The molecule has 4 fully saturated rings. The number of anilines is 2. The molecule has 0 spiro atoms. The zero-order valence-electron chi connectivity index (χ0n) is 39.7. The number of nitrogen functional groups attached to an aromatic ring is 2. The van der Waals surface area contributed by atoms with Gasteiger partial charge in [0.2, 0.25) is 11.8 Å². The second-order valence-corrected chi connectivity index (χ2v) is 17.6. The molecule has 0 unspecified atom stereocenters. The molecule has 12 rings (SSSR count). The highest BCUT2D eigenvalue weighted by Gasteiger charge is 2.47. The van der Waals surface area contributed by atoms with E-state index >= 15 is 0 Å². The zero-order valence-corrected chi connectivity index (χ0v) is 39.7. The monoisotopic (exact) mass is 1100 g/mol. The molecule has 12 heterocycles. The smallest absolute Gasteiger partial charge is 0.327 e. The first-order valence-corrected chi connectivity index (χ1v) is 23.0. The molecule has 0 aromatic carbocycles. The maximum absolute atomic E-state index is 11.7. The lowest BCUT2D eigenvalue weighted by Crippen LogP contribution is -2.33. The van der Waals surface area contributed by atoms with Crippen LogP contribution in [0.5, 0.6) is 5.88 Å². The number of ether oxygens (including phenoxy) is 4. The summed E-state index contributed by atoms with van der Waals surface area (Å²) in [4.78, 5) is 76.2. The summed E-state index contributed by atoms with van der Waals surface area (Å²) in [5, 5.41) is 124. The number of hydrogen-bond donors (Lipinski definition) is 18. The second-order valence-electron chi connectivity index (χ2n) is 17.6. The Morgan fingerprint density at radius 2 is 0.833 bits per heavy atom. The Kier molecular flexibility index (Phi) is 15.8. The number of rotatable bonds is 8. The number of hydrogen-bond acceptors (Lipinski definition) is 31. The van der Waals surface area contributed by atoms with Crippen LogP contribution in [0.3, 0.4) is 0 Å². The number of H-pyrrole nitrogens is 3. The summed E-state index contributed by atoms with van der Waals surface area (Å²) in [6, 6.07) is 0. The number of imidazole rings is 4. The number of aromatic hydroxyl groups is 1. The molecule has 4 aliphatic heterocycles. The minimum atomic E-state index is -1.33. The quantitative estimate of drug-likeness (QED) is 0.0672. The van der Waals surface area contributed by atoms with Crippen molar-refractivity contribution in [2.75, 3.05) is 37.9 Å². The average Bonchev–Trinajstić information content (AvgIpc) is 4.34. The average molecular weight is 1100 g/mol. The van der Waals surface area contributed by atoms with Gasteiger partial charge in [-0.2, -0.15) is 9.97 Å². The Morgan fingerprint density at radius 1 is 0.449 bits per heavy atom. The van der Waals surface area contributed by atoms with E-state index in [-0.39, 0.29) is 51.1 Å². The molecular weight excluding hydrogens is 1050 g/mol. The van der Waals surface area contributed by atoms with Crippen molar-refractivity contribution in [2.45, 2.75) is 98.2 Å². The Labute approximate surface area is 430 Å². The summed E-state index contributed by atoms with van der Waals surface area (Å²) in [6.07, 6.45) is -9.85. The fraction of sp³-hybridized carbons (Fsp3) is 0.500. The fourth-order valence-electron chi connectivity index (χ4n) is 8.80. The first kappa shape index (κ1) is 55.1. The SMILES string of the molecule is Nc1nc2c(ncn2[C@@H]2O[C@H](CO)[C@@H](O)[C@H]2O)c(=O)[nH]1.Nc1ncnc2c1ncn2[C@@H]1O[C@H](CO)[C@@H](O)[C@H]1O.O=c1[nH]c(=O)c2ncn([C@@H]3O[C@H](CO)[C@@H](O)[C@H]3O)c2[nH]1.OC[C@H]1O[C@@H](n2cnc3c(O)ncnc32)[C@H](O)[C@@H]1O. The van der Waals surface area contributed by atoms with E-state index in [1.807, 2.05) is 4.98 Å². The molecule has 38 nitrogen and oxygen atoms in total. The van der Waals surface area contributed by atoms with Crippen LogP contribution in [0, 0.1) is 0 Å². The molecule has 20 N–H and O–H groups in total. The van der Waals surface area contributed by atoms with Crippen molar-refractivity contribution in [3.05, 3.63) is 69.2 Å². The molecule has 38 heteroatoms. The highest BCUT2D eigenvalue weighted by Crippen LogP contribution is 2.35. The maximum atomic E-state index is 11.7. The number of aliphatic hydroxyl groups is 12. The van der Waals surface area contributed by atoms with Crippen LogP contribution in [0.2, 0.25) is 0 Å². The molecule has 4 aliphatic rings. The van der Waals surface area contributed by atoms with E-state index in [0.29, 0.717) is 11.2 Å². The minimum Gasteiger partial charge on any atom is -0.492 e. The van der Waals surface area contributed by atoms with Crippen LogP contribution in [0.4, 0.5) is 11.8 Å². The number of nitrogens with two attached hydrogens (primary N) is 2. The van der Waals surface area contributed by atoms with Crippen molar-refractivity contribution in [1.82, 2.24) is 78.1 Å². The third-order valence-electron chi connectivity index (χ3n) is 12.8. The lowest BCUT2D eigenvalue weighted by Gasteiger charge is -2.16. The summed E-state index contributed by atoms with van der Waals surface area (Å²) < 4.78 is 26.8. The van der Waals surface area contributed by atoms with Crippen molar-refractivity contribution in [1.29, 1.82) is 0 Å². The molecule has 78 heavy (non-hydrogen) atoms. The van der Waals surface area contributed by atoms with Gasteiger partial charge in [-0.3, -0.25) is 42.8 Å². The number of fused-ring (bicyclic) bond motifs is 4. The normalized spacial score (nSPS) is 30.6. The molecule has 8 aromatic rings. The van der Waals surface area contributed by atoms with Gasteiger partial charge in [-0.15, -0.1) is 0 Å². The molecule has 16 atom stereocenters. The molecule has 0 radical (unpaired) electrons. The number of aliphatic hydroxyl groups excluding tert-OH is 12. The summed E-state index contributed by atoms with van der Waals surface area (Å²) >= 11 is 0. The molecule has 8 aromatic heterocycles. The lowest BCUT2D eigenvalue weighted by atomic mass is 10.1. The van der Waals surface area contributed by atoms with Gasteiger partial charge in [-0.25, -0.2) is 39.7 Å². The molecule has 0 bridgehead atoms. The summed E-state index contributed by atoms with van der Waals surface area (Å²) in [5.41, 5.74) is 10.6. The van der Waals surface area contributed by atoms with Gasteiger partial charge in [0.1, 0.15) is 97.1 Å². The third-order valence-corrected chi connectivity index (χ3v) is 12.8. The number of nitrogens with zero attached hydrogens (tertiary/aromatic N) is 13. The van der Waals surface area contributed by atoms with E-state index in [2.05, 4.69) is 54.8 Å². The Hall–Kier alpha value is -7.64. The molecule has 0 aliphatic carbocycles. The van der Waals surface area contributed by atoms with Gasteiger partial charge in [0.15, 0.2) is 64.2 Å². The number of aromatic nitrogens is 16. The molecular formula is C40H50N18O20. The van der Waals surface area contributed by atoms with E-state index in [9.17, 15) is 60.3 Å². The molecule has 420 valence electrons. The first-order chi connectivity index (χ1) is 37.3. The zero-order chi connectivity index (χ0) is 56.0. The topological polar surface area (TPSA) is 586 Å². The Morgan fingerprint density at radius 3 is 1.31 bits per heavy atom. The number of nitrogens with one attached hydrogen (secondary N) is 3. The van der Waals surface area contributed by atoms with Crippen LogP contribution < -0.4 is 28.3 Å². The summed E-state index contributed by atoms with van der Waals surface area (Å²) in [7, 11) is 0. The van der Waals surface area contributed by atoms with Gasteiger partial charge < -0.3 is 96.8 Å². The van der Waals surface area contributed by atoms with Crippen LogP contribution in [0.25, 0.3) is 44.7 Å². The highest BCUT2D eigenvalue weighted by atomic mass is 16.6. The van der Waals surface area contributed by atoms with Crippen molar-refractivity contribution >= 4 is 56.4 Å². The molecule has 0 amide bonds. The van der Waals surface area contributed by atoms with Crippen LogP contribution in [-0.4, -0.2) is 244 Å². The fourth-order valence-corrected chi connectivity index (χ4v) is 8.80. The number of aromatic amines is 3. The molecule has 0 saturated carbocycles. The summed E-state index contributed by atoms with van der Waals surface area (Å²) in [5.74, 6) is -0.165. The summed E-state index contributed by atoms with van der Waals surface area (Å²) in [6.45, 7) is -1.73. The predicted octanol–water partition coefficient (Wildman–Crippen LogP) is -9.50. The van der Waals surface area contributed by atoms with Crippen LogP contribution in [0.15, 0.2) is 52.3 Å². The van der Waals surface area contributed by atoms with Crippen molar-refractivity contribution < 1.29 is 85.3 Å². The largest absolute Gasteiger partial charge is 0.492 e. The lowest BCUT2D eigenvalue weighted by molar-refractivity contribution is -0.0511.